The van der Waals surface area contributed by atoms with E-state index in [1.54, 1.807) is 0 Å². The first kappa shape index (κ1) is 8.02. The van der Waals surface area contributed by atoms with E-state index in [2.05, 4.69) is 31.4 Å². The summed E-state index contributed by atoms with van der Waals surface area (Å²) in [6, 6.07) is 0. The predicted molar refractivity (Wildman–Crippen MR) is 43.9 cm³/mol. The van der Waals surface area contributed by atoms with E-state index in [1.165, 1.54) is 25.7 Å². The molecule has 1 aliphatic rings. The molecule has 0 aliphatic heterocycles. The van der Waals surface area contributed by atoms with Crippen molar-refractivity contribution in [1.82, 2.24) is 10.2 Å². The Morgan fingerprint density at radius 3 is 1.90 bits per heavy atom. The molecule has 2 nitrogen and oxygen atoms in total. The van der Waals surface area contributed by atoms with Crippen LogP contribution < -0.4 is 5.32 Å². The second-order valence-electron chi connectivity index (χ2n) is 3.38. The molecule has 0 saturated heterocycles. The van der Waals surface area contributed by atoms with Gasteiger partial charge in [0.2, 0.25) is 0 Å². The van der Waals surface area contributed by atoms with Crippen LogP contribution in [0, 0.1) is 0 Å². The number of rotatable bonds is 2. The Hall–Kier alpha value is -0.0800. The molecule has 0 aromatic carbocycles. The highest BCUT2D eigenvalue weighted by Crippen LogP contribution is 2.30. The van der Waals surface area contributed by atoms with Crippen LogP contribution in [0.3, 0.4) is 0 Å². The van der Waals surface area contributed by atoms with E-state index < -0.39 is 0 Å². The molecule has 0 amide bonds. The third kappa shape index (κ3) is 1.18. The minimum Gasteiger partial charge on any atom is -0.302 e. The lowest BCUT2D eigenvalue weighted by molar-refractivity contribution is 0.125. The first-order valence-corrected chi connectivity index (χ1v) is 4.08. The lowest BCUT2D eigenvalue weighted by atomic mass is 10.1. The maximum Gasteiger partial charge on any atom is 0.0705 e. The fraction of sp³-hybridized carbons (Fsp3) is 1.00. The van der Waals surface area contributed by atoms with Crippen LogP contribution in [0.5, 0.6) is 0 Å². The van der Waals surface area contributed by atoms with Gasteiger partial charge in [0.05, 0.1) is 5.66 Å². The van der Waals surface area contributed by atoms with Crippen LogP contribution >= 0.6 is 0 Å². The van der Waals surface area contributed by atoms with Gasteiger partial charge in [-0.15, -0.1) is 0 Å². The van der Waals surface area contributed by atoms with E-state index in [0.29, 0.717) is 5.66 Å². The molecule has 2 heteroatoms. The highest BCUT2D eigenvalue weighted by Gasteiger charge is 2.33. The normalized spacial score (nSPS) is 24.0. The number of hydrogen-bond acceptors (Lipinski definition) is 2. The molecule has 0 atom stereocenters. The average molecular weight is 142 g/mol. The molecular weight excluding hydrogens is 124 g/mol. The third-order valence-corrected chi connectivity index (χ3v) is 2.75. The summed E-state index contributed by atoms with van der Waals surface area (Å²) < 4.78 is 0. The van der Waals surface area contributed by atoms with Gasteiger partial charge in [0.25, 0.3) is 0 Å². The topological polar surface area (TPSA) is 15.3 Å². The van der Waals surface area contributed by atoms with Crippen molar-refractivity contribution < 1.29 is 0 Å². The van der Waals surface area contributed by atoms with Gasteiger partial charge in [0.1, 0.15) is 0 Å². The Labute approximate surface area is 63.6 Å². The first-order chi connectivity index (χ1) is 4.71. The standard InChI is InChI=1S/C8H18N2/c1-9-8(10(2)3)6-4-5-7-8/h9H,4-7H2,1-3H3. The second-order valence-corrected chi connectivity index (χ2v) is 3.38. The van der Waals surface area contributed by atoms with Crippen molar-refractivity contribution in [3.8, 4) is 0 Å². The van der Waals surface area contributed by atoms with Gasteiger partial charge in [-0.1, -0.05) is 12.8 Å². The summed E-state index contributed by atoms with van der Waals surface area (Å²) in [5.41, 5.74) is 0.319. The minimum atomic E-state index is 0.319. The van der Waals surface area contributed by atoms with Crippen molar-refractivity contribution in [1.29, 1.82) is 0 Å². The van der Waals surface area contributed by atoms with Crippen molar-refractivity contribution in [2.45, 2.75) is 31.3 Å². The Balaban J connectivity index is 2.58. The number of hydrogen-bond donors (Lipinski definition) is 1. The molecule has 0 unspecified atom stereocenters. The third-order valence-electron chi connectivity index (χ3n) is 2.75. The summed E-state index contributed by atoms with van der Waals surface area (Å²) in [6.45, 7) is 0. The zero-order chi connectivity index (χ0) is 7.61. The van der Waals surface area contributed by atoms with Crippen molar-refractivity contribution in [2.24, 2.45) is 0 Å². The molecule has 0 bridgehead atoms. The van der Waals surface area contributed by atoms with Gasteiger partial charge in [0, 0.05) is 0 Å². The smallest absolute Gasteiger partial charge is 0.0705 e. The molecule has 10 heavy (non-hydrogen) atoms. The van der Waals surface area contributed by atoms with E-state index in [4.69, 9.17) is 0 Å². The van der Waals surface area contributed by atoms with Crippen molar-refractivity contribution >= 4 is 0 Å². The number of nitrogens with zero attached hydrogens (tertiary/aromatic N) is 1. The summed E-state index contributed by atoms with van der Waals surface area (Å²) >= 11 is 0. The molecule has 1 saturated carbocycles. The van der Waals surface area contributed by atoms with Crippen molar-refractivity contribution in [3.05, 3.63) is 0 Å². The predicted octanol–water partition coefficient (Wildman–Crippen LogP) is 1.04. The van der Waals surface area contributed by atoms with Gasteiger partial charge in [-0.25, -0.2) is 0 Å². The maximum atomic E-state index is 3.40. The van der Waals surface area contributed by atoms with Crippen LogP contribution in [0.2, 0.25) is 0 Å². The first-order valence-electron chi connectivity index (χ1n) is 4.08. The summed E-state index contributed by atoms with van der Waals surface area (Å²) in [5.74, 6) is 0. The lowest BCUT2D eigenvalue weighted by Crippen LogP contribution is -2.52. The van der Waals surface area contributed by atoms with Gasteiger partial charge < -0.3 is 5.32 Å². The summed E-state index contributed by atoms with van der Waals surface area (Å²) in [4.78, 5) is 2.31. The molecule has 0 aromatic heterocycles. The number of nitrogens with one attached hydrogen (secondary N) is 1. The van der Waals surface area contributed by atoms with E-state index in [-0.39, 0.29) is 0 Å². The molecule has 0 aromatic rings. The largest absolute Gasteiger partial charge is 0.302 e. The Kier molecular flexibility index (Phi) is 2.32. The lowest BCUT2D eigenvalue weighted by Gasteiger charge is -2.35. The molecular formula is C8H18N2. The Morgan fingerprint density at radius 1 is 1.20 bits per heavy atom. The minimum absolute atomic E-state index is 0.319. The molecule has 1 fully saturated rings. The maximum absolute atomic E-state index is 3.40. The van der Waals surface area contributed by atoms with Crippen LogP contribution in [-0.2, 0) is 0 Å². The van der Waals surface area contributed by atoms with Crippen LogP contribution in [0.4, 0.5) is 0 Å². The van der Waals surface area contributed by atoms with E-state index >= 15 is 0 Å². The Bertz CT molecular complexity index is 104. The zero-order valence-electron chi connectivity index (χ0n) is 7.28. The van der Waals surface area contributed by atoms with Gasteiger partial charge in [-0.2, -0.15) is 0 Å². The van der Waals surface area contributed by atoms with Crippen LogP contribution in [0.25, 0.3) is 0 Å². The Morgan fingerprint density at radius 2 is 1.70 bits per heavy atom. The summed E-state index contributed by atoms with van der Waals surface area (Å²) in [5, 5.41) is 3.40. The SMILES string of the molecule is CNC1(N(C)C)CCCC1. The van der Waals surface area contributed by atoms with Crippen LogP contribution in [0.1, 0.15) is 25.7 Å². The van der Waals surface area contributed by atoms with E-state index in [9.17, 15) is 0 Å². The van der Waals surface area contributed by atoms with Crippen molar-refractivity contribution in [2.75, 3.05) is 21.1 Å². The molecule has 0 spiro atoms. The van der Waals surface area contributed by atoms with Gasteiger partial charge >= 0.3 is 0 Å². The van der Waals surface area contributed by atoms with Gasteiger partial charge in [0.15, 0.2) is 0 Å². The fourth-order valence-corrected chi connectivity index (χ4v) is 1.88. The average Bonchev–Trinajstić information content (AvgIpc) is 2.35. The van der Waals surface area contributed by atoms with Gasteiger partial charge in [-0.3, -0.25) is 4.90 Å². The van der Waals surface area contributed by atoms with Gasteiger partial charge in [-0.05, 0) is 34.0 Å². The molecule has 1 N–H and O–H groups in total. The summed E-state index contributed by atoms with van der Waals surface area (Å²) in [7, 11) is 6.37. The highest BCUT2D eigenvalue weighted by atomic mass is 15.3. The summed E-state index contributed by atoms with van der Waals surface area (Å²) in [6.07, 6.45) is 5.35. The molecule has 0 heterocycles. The fourth-order valence-electron chi connectivity index (χ4n) is 1.88. The quantitative estimate of drug-likeness (QED) is 0.579. The highest BCUT2D eigenvalue weighted by molar-refractivity contribution is 4.88. The zero-order valence-corrected chi connectivity index (χ0v) is 7.28. The van der Waals surface area contributed by atoms with Crippen LogP contribution in [0.15, 0.2) is 0 Å². The molecule has 1 aliphatic carbocycles. The van der Waals surface area contributed by atoms with E-state index in [0.717, 1.165) is 0 Å². The monoisotopic (exact) mass is 142 g/mol. The molecule has 0 radical (unpaired) electrons. The van der Waals surface area contributed by atoms with E-state index in [1.807, 2.05) is 0 Å². The second kappa shape index (κ2) is 2.89. The van der Waals surface area contributed by atoms with Crippen molar-refractivity contribution in [3.63, 3.8) is 0 Å². The molecule has 60 valence electrons. The van der Waals surface area contributed by atoms with Crippen LogP contribution in [-0.4, -0.2) is 31.7 Å². The molecule has 1 rings (SSSR count).